The molecule has 0 bridgehead atoms. The fourth-order valence-electron chi connectivity index (χ4n) is 3.96. The molecule has 0 radical (unpaired) electrons. The van der Waals surface area contributed by atoms with E-state index in [1.807, 2.05) is 0 Å². The summed E-state index contributed by atoms with van der Waals surface area (Å²) in [4.78, 5) is 2.76. The van der Waals surface area contributed by atoms with E-state index in [4.69, 9.17) is 0 Å². The highest BCUT2D eigenvalue weighted by Crippen LogP contribution is 2.29. The van der Waals surface area contributed by atoms with Gasteiger partial charge in [0.15, 0.2) is 0 Å². The summed E-state index contributed by atoms with van der Waals surface area (Å²) in [6, 6.07) is 2.24. The zero-order valence-electron chi connectivity index (χ0n) is 12.6. The Labute approximate surface area is 114 Å². The molecule has 0 amide bonds. The number of nitrogens with one attached hydrogen (secondary N) is 1. The Balaban J connectivity index is 1.90. The van der Waals surface area contributed by atoms with Crippen molar-refractivity contribution in [3.8, 4) is 0 Å². The van der Waals surface area contributed by atoms with Gasteiger partial charge < -0.3 is 5.32 Å². The van der Waals surface area contributed by atoms with E-state index in [1.54, 1.807) is 0 Å². The molecule has 2 rings (SSSR count). The van der Waals surface area contributed by atoms with E-state index in [-0.39, 0.29) is 0 Å². The average Bonchev–Trinajstić information content (AvgIpc) is 2.40. The summed E-state index contributed by atoms with van der Waals surface area (Å²) in [6.07, 6.45) is 9.97. The summed E-state index contributed by atoms with van der Waals surface area (Å²) in [7, 11) is 0. The molecule has 1 saturated heterocycles. The van der Waals surface area contributed by atoms with Crippen LogP contribution in [-0.4, -0.2) is 36.1 Å². The van der Waals surface area contributed by atoms with E-state index in [2.05, 4.69) is 31.0 Å². The third-order valence-electron chi connectivity index (χ3n) is 5.14. The zero-order chi connectivity index (χ0) is 13.0. The highest BCUT2D eigenvalue weighted by atomic mass is 15.2. The van der Waals surface area contributed by atoms with Gasteiger partial charge in [-0.1, -0.05) is 32.6 Å². The van der Waals surface area contributed by atoms with Gasteiger partial charge in [-0.05, 0) is 39.0 Å². The lowest BCUT2D eigenvalue weighted by Gasteiger charge is -2.45. The molecule has 1 N–H and O–H groups in total. The van der Waals surface area contributed by atoms with Gasteiger partial charge in [-0.2, -0.15) is 0 Å². The highest BCUT2D eigenvalue weighted by Gasteiger charge is 2.32. The number of hydrogen-bond acceptors (Lipinski definition) is 2. The van der Waals surface area contributed by atoms with E-state index in [9.17, 15) is 0 Å². The van der Waals surface area contributed by atoms with Crippen LogP contribution >= 0.6 is 0 Å². The van der Waals surface area contributed by atoms with E-state index in [0.717, 1.165) is 18.0 Å². The molecule has 106 valence electrons. The molecule has 1 aliphatic heterocycles. The maximum Gasteiger partial charge on any atom is 0.0224 e. The molecule has 2 fully saturated rings. The van der Waals surface area contributed by atoms with E-state index in [0.29, 0.717) is 6.04 Å². The van der Waals surface area contributed by atoms with Gasteiger partial charge in [0, 0.05) is 31.2 Å². The van der Waals surface area contributed by atoms with Gasteiger partial charge in [-0.3, -0.25) is 4.90 Å². The standard InChI is InChI=1S/C16H32N2/c1-4-8-13(2)18-12-16(17-11-14(18)3)15-9-6-5-7-10-15/h13-17H,4-12H2,1-3H3. The Morgan fingerprint density at radius 1 is 1.22 bits per heavy atom. The number of rotatable bonds is 4. The SMILES string of the molecule is CCCC(C)N1CC(C2CCCCC2)NCC1C. The Kier molecular flexibility index (Phi) is 5.50. The van der Waals surface area contributed by atoms with Crippen LogP contribution < -0.4 is 5.32 Å². The van der Waals surface area contributed by atoms with E-state index in [1.165, 1.54) is 58.0 Å². The van der Waals surface area contributed by atoms with Crippen LogP contribution in [0.2, 0.25) is 0 Å². The Morgan fingerprint density at radius 3 is 2.61 bits per heavy atom. The van der Waals surface area contributed by atoms with Gasteiger partial charge in [0.25, 0.3) is 0 Å². The van der Waals surface area contributed by atoms with Crippen LogP contribution in [0.5, 0.6) is 0 Å². The molecule has 2 heteroatoms. The maximum atomic E-state index is 3.82. The molecule has 1 aliphatic carbocycles. The fourth-order valence-corrected chi connectivity index (χ4v) is 3.96. The topological polar surface area (TPSA) is 15.3 Å². The predicted octanol–water partition coefficient (Wildman–Crippen LogP) is 3.42. The van der Waals surface area contributed by atoms with Crippen molar-refractivity contribution >= 4 is 0 Å². The molecule has 3 atom stereocenters. The van der Waals surface area contributed by atoms with Gasteiger partial charge in [-0.15, -0.1) is 0 Å². The molecular formula is C16H32N2. The van der Waals surface area contributed by atoms with Crippen LogP contribution in [0.3, 0.4) is 0 Å². The number of hydrogen-bond donors (Lipinski definition) is 1. The van der Waals surface area contributed by atoms with Gasteiger partial charge in [0.05, 0.1) is 0 Å². The van der Waals surface area contributed by atoms with Crippen LogP contribution in [0.15, 0.2) is 0 Å². The highest BCUT2D eigenvalue weighted by molar-refractivity contribution is 4.90. The predicted molar refractivity (Wildman–Crippen MR) is 78.9 cm³/mol. The lowest BCUT2D eigenvalue weighted by molar-refractivity contribution is 0.0685. The second-order valence-corrected chi connectivity index (χ2v) is 6.60. The zero-order valence-corrected chi connectivity index (χ0v) is 12.6. The maximum absolute atomic E-state index is 3.82. The van der Waals surface area contributed by atoms with Crippen molar-refractivity contribution in [1.82, 2.24) is 10.2 Å². The monoisotopic (exact) mass is 252 g/mol. The minimum atomic E-state index is 0.714. The Morgan fingerprint density at radius 2 is 1.94 bits per heavy atom. The number of piperazine rings is 1. The first-order chi connectivity index (χ1) is 8.72. The molecular weight excluding hydrogens is 220 g/mol. The van der Waals surface area contributed by atoms with Crippen LogP contribution in [0.4, 0.5) is 0 Å². The molecule has 0 aromatic rings. The van der Waals surface area contributed by atoms with Gasteiger partial charge in [-0.25, -0.2) is 0 Å². The summed E-state index contributed by atoms with van der Waals surface area (Å²) in [5.74, 6) is 0.947. The summed E-state index contributed by atoms with van der Waals surface area (Å²) < 4.78 is 0. The third-order valence-corrected chi connectivity index (χ3v) is 5.14. The normalized spacial score (nSPS) is 33.5. The van der Waals surface area contributed by atoms with Crippen LogP contribution in [0.1, 0.15) is 65.7 Å². The molecule has 1 heterocycles. The minimum absolute atomic E-state index is 0.714. The molecule has 0 spiro atoms. The molecule has 0 aromatic carbocycles. The van der Waals surface area contributed by atoms with Crippen molar-refractivity contribution < 1.29 is 0 Å². The summed E-state index contributed by atoms with van der Waals surface area (Å²) >= 11 is 0. The van der Waals surface area contributed by atoms with E-state index >= 15 is 0 Å². The Hall–Kier alpha value is -0.0800. The van der Waals surface area contributed by atoms with Gasteiger partial charge >= 0.3 is 0 Å². The first-order valence-electron chi connectivity index (χ1n) is 8.21. The average molecular weight is 252 g/mol. The molecule has 3 unspecified atom stereocenters. The minimum Gasteiger partial charge on any atom is -0.311 e. The van der Waals surface area contributed by atoms with Crippen LogP contribution in [0, 0.1) is 5.92 Å². The van der Waals surface area contributed by atoms with Crippen molar-refractivity contribution in [3.63, 3.8) is 0 Å². The third kappa shape index (κ3) is 3.48. The van der Waals surface area contributed by atoms with Gasteiger partial charge in [0.2, 0.25) is 0 Å². The molecule has 0 aromatic heterocycles. The van der Waals surface area contributed by atoms with Crippen molar-refractivity contribution in [2.45, 2.75) is 83.8 Å². The first-order valence-corrected chi connectivity index (χ1v) is 8.21. The fraction of sp³-hybridized carbons (Fsp3) is 1.00. The lowest BCUT2D eigenvalue weighted by atomic mass is 9.82. The summed E-state index contributed by atoms with van der Waals surface area (Å²) in [5.41, 5.74) is 0. The van der Waals surface area contributed by atoms with Crippen molar-refractivity contribution in [2.24, 2.45) is 5.92 Å². The van der Waals surface area contributed by atoms with Crippen LogP contribution in [0.25, 0.3) is 0 Å². The van der Waals surface area contributed by atoms with E-state index < -0.39 is 0 Å². The molecule has 2 aliphatic rings. The second kappa shape index (κ2) is 6.91. The van der Waals surface area contributed by atoms with Crippen LogP contribution in [-0.2, 0) is 0 Å². The molecule has 2 nitrogen and oxygen atoms in total. The van der Waals surface area contributed by atoms with Gasteiger partial charge in [0.1, 0.15) is 0 Å². The summed E-state index contributed by atoms with van der Waals surface area (Å²) in [5, 5.41) is 3.82. The van der Waals surface area contributed by atoms with Crippen molar-refractivity contribution in [3.05, 3.63) is 0 Å². The van der Waals surface area contributed by atoms with Crippen molar-refractivity contribution in [2.75, 3.05) is 13.1 Å². The number of nitrogens with zero attached hydrogens (tertiary/aromatic N) is 1. The first kappa shape index (κ1) is 14.3. The largest absolute Gasteiger partial charge is 0.311 e. The molecule has 1 saturated carbocycles. The lowest BCUT2D eigenvalue weighted by Crippen LogP contribution is -2.60. The summed E-state index contributed by atoms with van der Waals surface area (Å²) in [6.45, 7) is 9.59. The second-order valence-electron chi connectivity index (χ2n) is 6.60. The Bertz CT molecular complexity index is 235. The quantitative estimate of drug-likeness (QED) is 0.825. The smallest absolute Gasteiger partial charge is 0.0224 e. The van der Waals surface area contributed by atoms with Crippen molar-refractivity contribution in [1.29, 1.82) is 0 Å². The molecule has 18 heavy (non-hydrogen) atoms.